The molecule has 2 rings (SSSR count). The Labute approximate surface area is 161 Å². The first-order valence-corrected chi connectivity index (χ1v) is 8.51. The van der Waals surface area contributed by atoms with Gasteiger partial charge in [0.1, 0.15) is 11.7 Å². The number of halogens is 1. The monoisotopic (exact) mass is 390 g/mol. The van der Waals surface area contributed by atoms with Gasteiger partial charge in [0, 0.05) is 5.02 Å². The molecule has 0 saturated heterocycles. The molecular formula is C19H19ClN2O5. The average molecular weight is 391 g/mol. The van der Waals surface area contributed by atoms with Crippen molar-refractivity contribution in [3.8, 4) is 0 Å². The van der Waals surface area contributed by atoms with E-state index < -0.39 is 23.8 Å². The summed E-state index contributed by atoms with van der Waals surface area (Å²) in [4.78, 5) is 36.2. The molecular weight excluding hydrogens is 372 g/mol. The fourth-order valence-electron chi connectivity index (χ4n) is 2.21. The van der Waals surface area contributed by atoms with Gasteiger partial charge in [-0.2, -0.15) is 0 Å². The maximum absolute atomic E-state index is 12.6. The normalized spacial score (nSPS) is 12.5. The quantitative estimate of drug-likeness (QED) is 0.630. The molecule has 0 fully saturated rings. The van der Waals surface area contributed by atoms with E-state index in [1.807, 2.05) is 0 Å². The van der Waals surface area contributed by atoms with Gasteiger partial charge in [-0.25, -0.2) is 4.79 Å². The summed E-state index contributed by atoms with van der Waals surface area (Å²) in [7, 11) is 0. The summed E-state index contributed by atoms with van der Waals surface area (Å²) in [6, 6.07) is 8.46. The Bertz CT molecular complexity index is 841. The van der Waals surface area contributed by atoms with Gasteiger partial charge in [0.15, 0.2) is 5.76 Å². The van der Waals surface area contributed by atoms with Crippen molar-refractivity contribution in [2.75, 3.05) is 0 Å². The van der Waals surface area contributed by atoms with Crippen LogP contribution in [0.2, 0.25) is 5.02 Å². The van der Waals surface area contributed by atoms with Crippen LogP contribution in [-0.4, -0.2) is 28.9 Å². The summed E-state index contributed by atoms with van der Waals surface area (Å²) < 4.78 is 5.02. The van der Waals surface area contributed by atoms with Crippen molar-refractivity contribution >= 4 is 35.5 Å². The van der Waals surface area contributed by atoms with Crippen LogP contribution in [0.1, 0.15) is 30.0 Å². The largest absolute Gasteiger partial charge is 0.480 e. The van der Waals surface area contributed by atoms with Crippen LogP contribution in [0.5, 0.6) is 0 Å². The number of rotatable bonds is 7. The molecule has 0 aliphatic heterocycles. The van der Waals surface area contributed by atoms with Crippen LogP contribution in [0.25, 0.3) is 6.08 Å². The van der Waals surface area contributed by atoms with Gasteiger partial charge in [-0.3, -0.25) is 9.59 Å². The molecule has 2 aromatic rings. The lowest BCUT2D eigenvalue weighted by Crippen LogP contribution is -2.47. The highest BCUT2D eigenvalue weighted by Gasteiger charge is 2.26. The van der Waals surface area contributed by atoms with E-state index in [9.17, 15) is 19.5 Å². The van der Waals surface area contributed by atoms with Gasteiger partial charge in [-0.05, 0) is 41.8 Å². The molecule has 27 heavy (non-hydrogen) atoms. The Morgan fingerprint density at radius 1 is 1.15 bits per heavy atom. The number of hydrogen-bond donors (Lipinski definition) is 3. The van der Waals surface area contributed by atoms with Crippen molar-refractivity contribution in [3.05, 3.63) is 64.7 Å². The second-order valence-corrected chi connectivity index (χ2v) is 6.51. The molecule has 0 aliphatic rings. The molecule has 3 N–H and O–H groups in total. The van der Waals surface area contributed by atoms with Crippen LogP contribution in [-0.2, 0) is 9.59 Å². The summed E-state index contributed by atoms with van der Waals surface area (Å²) in [6.45, 7) is 3.34. The molecule has 1 aromatic carbocycles. The van der Waals surface area contributed by atoms with Gasteiger partial charge in [0.05, 0.1) is 6.26 Å². The minimum absolute atomic E-state index is 0.0171. The summed E-state index contributed by atoms with van der Waals surface area (Å²) in [5.74, 6) is -2.85. The third-order valence-corrected chi connectivity index (χ3v) is 3.89. The minimum atomic E-state index is -1.17. The predicted molar refractivity (Wildman–Crippen MR) is 100 cm³/mol. The first-order chi connectivity index (χ1) is 12.8. The summed E-state index contributed by atoms with van der Waals surface area (Å²) in [5.41, 5.74) is 0.478. The maximum Gasteiger partial charge on any atom is 0.326 e. The second-order valence-electron chi connectivity index (χ2n) is 6.07. The number of aliphatic carboxylic acids is 1. The van der Waals surface area contributed by atoms with Gasteiger partial charge in [-0.15, -0.1) is 0 Å². The molecule has 0 radical (unpaired) electrons. The number of carbonyl (C=O) groups excluding carboxylic acids is 2. The Morgan fingerprint density at radius 3 is 2.33 bits per heavy atom. The standard InChI is InChI=1S/C19H19ClN2O5/c1-11(2)16(19(25)26)22-17(23)14(10-12-5-7-13(20)8-6-12)21-18(24)15-4-3-9-27-15/h3-11,16H,1-2H3,(H,21,24)(H,22,23)(H,25,26)/b14-10+/t16-/m1/s1. The number of carboxylic acid groups (broad SMARTS) is 1. The van der Waals surface area contributed by atoms with Crippen molar-refractivity contribution < 1.29 is 23.9 Å². The van der Waals surface area contributed by atoms with Gasteiger partial charge < -0.3 is 20.2 Å². The molecule has 142 valence electrons. The van der Waals surface area contributed by atoms with E-state index >= 15 is 0 Å². The van der Waals surface area contributed by atoms with Crippen LogP contribution in [0.4, 0.5) is 0 Å². The topological polar surface area (TPSA) is 109 Å². The summed E-state index contributed by atoms with van der Waals surface area (Å²) in [6.07, 6.45) is 2.75. The Morgan fingerprint density at radius 2 is 1.81 bits per heavy atom. The van der Waals surface area contributed by atoms with E-state index in [1.165, 1.54) is 24.5 Å². The van der Waals surface area contributed by atoms with E-state index in [0.29, 0.717) is 10.6 Å². The number of furan rings is 1. The minimum Gasteiger partial charge on any atom is -0.480 e. The number of carbonyl (C=O) groups is 3. The lowest BCUT2D eigenvalue weighted by atomic mass is 10.0. The molecule has 8 heteroatoms. The Hall–Kier alpha value is -3.06. The van der Waals surface area contributed by atoms with E-state index in [-0.39, 0.29) is 17.4 Å². The predicted octanol–water partition coefficient (Wildman–Crippen LogP) is 2.93. The van der Waals surface area contributed by atoms with Crippen molar-refractivity contribution in [1.29, 1.82) is 0 Å². The third-order valence-electron chi connectivity index (χ3n) is 3.64. The maximum atomic E-state index is 12.6. The molecule has 7 nitrogen and oxygen atoms in total. The van der Waals surface area contributed by atoms with Crippen LogP contribution >= 0.6 is 11.6 Å². The SMILES string of the molecule is CC(C)[C@@H](NC(=O)/C(=C\c1ccc(Cl)cc1)NC(=O)c1ccco1)C(=O)O. The molecule has 0 unspecified atom stereocenters. The van der Waals surface area contributed by atoms with E-state index in [4.69, 9.17) is 16.0 Å². The molecule has 2 amide bonds. The molecule has 1 heterocycles. The lowest BCUT2D eigenvalue weighted by Gasteiger charge is -2.19. The van der Waals surface area contributed by atoms with Gasteiger partial charge in [0.2, 0.25) is 0 Å². The number of hydrogen-bond acceptors (Lipinski definition) is 4. The molecule has 0 bridgehead atoms. The van der Waals surface area contributed by atoms with Gasteiger partial charge in [0.25, 0.3) is 11.8 Å². The smallest absolute Gasteiger partial charge is 0.326 e. The van der Waals surface area contributed by atoms with E-state index in [2.05, 4.69) is 10.6 Å². The third kappa shape index (κ3) is 5.72. The van der Waals surface area contributed by atoms with Gasteiger partial charge >= 0.3 is 5.97 Å². The second kappa shape index (κ2) is 9.05. The van der Waals surface area contributed by atoms with Gasteiger partial charge in [-0.1, -0.05) is 37.6 Å². The number of nitrogens with one attached hydrogen (secondary N) is 2. The Kier molecular flexibility index (Phi) is 6.79. The summed E-state index contributed by atoms with van der Waals surface area (Å²) >= 11 is 5.85. The van der Waals surface area contributed by atoms with Crippen LogP contribution in [0.3, 0.4) is 0 Å². The van der Waals surface area contributed by atoms with Crippen molar-refractivity contribution in [2.24, 2.45) is 5.92 Å². The highest BCUT2D eigenvalue weighted by molar-refractivity contribution is 6.30. The fraction of sp³-hybridized carbons (Fsp3) is 0.211. The lowest BCUT2D eigenvalue weighted by molar-refractivity contribution is -0.142. The van der Waals surface area contributed by atoms with Crippen LogP contribution in [0.15, 0.2) is 52.8 Å². The molecule has 0 saturated carbocycles. The zero-order chi connectivity index (χ0) is 20.0. The molecule has 0 spiro atoms. The van der Waals surface area contributed by atoms with E-state index in [0.717, 1.165) is 0 Å². The van der Waals surface area contributed by atoms with E-state index in [1.54, 1.807) is 38.1 Å². The highest BCUT2D eigenvalue weighted by Crippen LogP contribution is 2.13. The summed E-state index contributed by atoms with van der Waals surface area (Å²) in [5, 5.41) is 14.7. The van der Waals surface area contributed by atoms with Crippen LogP contribution < -0.4 is 10.6 Å². The number of amides is 2. The fourth-order valence-corrected chi connectivity index (χ4v) is 2.33. The van der Waals surface area contributed by atoms with Crippen molar-refractivity contribution in [3.63, 3.8) is 0 Å². The van der Waals surface area contributed by atoms with Crippen molar-refractivity contribution in [2.45, 2.75) is 19.9 Å². The van der Waals surface area contributed by atoms with Crippen molar-refractivity contribution in [1.82, 2.24) is 10.6 Å². The Balaban J connectivity index is 2.30. The highest BCUT2D eigenvalue weighted by atomic mass is 35.5. The van der Waals surface area contributed by atoms with Crippen LogP contribution in [0, 0.1) is 5.92 Å². The zero-order valence-corrected chi connectivity index (χ0v) is 15.5. The molecule has 1 aromatic heterocycles. The first-order valence-electron chi connectivity index (χ1n) is 8.13. The number of carboxylic acids is 1. The zero-order valence-electron chi connectivity index (χ0n) is 14.7. The molecule has 1 atom stereocenters. The number of benzene rings is 1. The average Bonchev–Trinajstić information content (AvgIpc) is 3.14. The first kappa shape index (κ1) is 20.3. The molecule has 0 aliphatic carbocycles.